The number of guanidine groups is 1. The lowest BCUT2D eigenvalue weighted by Crippen LogP contribution is -2.52. The molecule has 2 bridgehead atoms. The summed E-state index contributed by atoms with van der Waals surface area (Å²) in [5.41, 5.74) is 1.42. The Hall–Kier alpha value is -1.58. The smallest absolute Gasteiger partial charge is 0.191 e. The van der Waals surface area contributed by atoms with E-state index in [1.165, 1.54) is 31.2 Å². The summed E-state index contributed by atoms with van der Waals surface area (Å²) in [6, 6.07) is 16.7. The first-order valence-corrected chi connectivity index (χ1v) is 12.3. The summed E-state index contributed by atoms with van der Waals surface area (Å²) in [5.74, 6) is 1.93. The summed E-state index contributed by atoms with van der Waals surface area (Å²) in [7, 11) is 0. The van der Waals surface area contributed by atoms with Crippen molar-refractivity contribution in [2.75, 3.05) is 26.3 Å². The van der Waals surface area contributed by atoms with Gasteiger partial charge in [0.2, 0.25) is 0 Å². The topological polar surface area (TPSA) is 62.0 Å². The molecule has 7 heteroatoms. The molecule has 6 nitrogen and oxygen atoms in total. The van der Waals surface area contributed by atoms with Gasteiger partial charge in [-0.1, -0.05) is 30.3 Å². The molecule has 33 heavy (non-hydrogen) atoms. The molecule has 2 N–H and O–H groups in total. The second-order valence-electron chi connectivity index (χ2n) is 8.89. The number of piperidine rings is 1. The van der Waals surface area contributed by atoms with Crippen LogP contribution in [0.4, 0.5) is 0 Å². The van der Waals surface area contributed by atoms with Gasteiger partial charge in [0.25, 0.3) is 0 Å². The Morgan fingerprint density at radius 2 is 1.91 bits per heavy atom. The second kappa shape index (κ2) is 14.0. The van der Waals surface area contributed by atoms with Crippen LogP contribution < -0.4 is 10.6 Å². The first kappa shape index (κ1) is 26.0. The molecule has 2 aromatic rings. The van der Waals surface area contributed by atoms with Crippen LogP contribution in [0, 0.1) is 0 Å². The van der Waals surface area contributed by atoms with Gasteiger partial charge in [-0.25, -0.2) is 0 Å². The zero-order valence-corrected chi connectivity index (χ0v) is 22.1. The number of furan rings is 1. The van der Waals surface area contributed by atoms with E-state index >= 15 is 0 Å². The minimum atomic E-state index is 0. The van der Waals surface area contributed by atoms with Crippen molar-refractivity contribution in [3.8, 4) is 0 Å². The van der Waals surface area contributed by atoms with Crippen molar-refractivity contribution in [3.05, 3.63) is 60.1 Å². The first-order valence-electron chi connectivity index (χ1n) is 12.3. The van der Waals surface area contributed by atoms with E-state index in [2.05, 4.69) is 45.9 Å². The maximum Gasteiger partial charge on any atom is 0.191 e. The van der Waals surface area contributed by atoms with Gasteiger partial charge in [-0.05, 0) is 56.7 Å². The third-order valence-electron chi connectivity index (χ3n) is 6.60. The van der Waals surface area contributed by atoms with Gasteiger partial charge in [0.15, 0.2) is 5.96 Å². The largest absolute Gasteiger partial charge is 0.469 e. The van der Waals surface area contributed by atoms with E-state index < -0.39 is 0 Å². The molecule has 0 aliphatic carbocycles. The normalized spacial score (nSPS) is 22.7. The average molecular weight is 567 g/mol. The number of hydrogen-bond donors (Lipinski definition) is 2. The first-order chi connectivity index (χ1) is 15.8. The number of fused-ring (bicyclic) bond motifs is 2. The average Bonchev–Trinajstić information content (AvgIpc) is 3.40. The van der Waals surface area contributed by atoms with Crippen LogP contribution in [-0.2, 0) is 17.7 Å². The Kier molecular flexibility index (Phi) is 11.0. The maximum absolute atomic E-state index is 5.47. The fourth-order valence-corrected chi connectivity index (χ4v) is 5.05. The Balaban J connectivity index is 0.00000306. The second-order valence-corrected chi connectivity index (χ2v) is 8.89. The molecule has 2 saturated heterocycles. The van der Waals surface area contributed by atoms with Crippen LogP contribution in [0.25, 0.3) is 0 Å². The molecule has 182 valence electrons. The van der Waals surface area contributed by atoms with Crippen molar-refractivity contribution in [2.45, 2.75) is 70.1 Å². The number of ether oxygens (including phenoxy) is 1. The van der Waals surface area contributed by atoms with Gasteiger partial charge < -0.3 is 19.8 Å². The van der Waals surface area contributed by atoms with Crippen LogP contribution >= 0.6 is 24.0 Å². The Bertz CT molecular complexity index is 801. The quantitative estimate of drug-likeness (QED) is 0.180. The molecule has 2 fully saturated rings. The van der Waals surface area contributed by atoms with E-state index in [9.17, 15) is 0 Å². The van der Waals surface area contributed by atoms with Crippen molar-refractivity contribution in [1.82, 2.24) is 15.5 Å². The van der Waals surface area contributed by atoms with E-state index in [-0.39, 0.29) is 24.0 Å². The highest BCUT2D eigenvalue weighted by Gasteiger charge is 2.40. The fourth-order valence-electron chi connectivity index (χ4n) is 5.05. The molecule has 0 spiro atoms. The summed E-state index contributed by atoms with van der Waals surface area (Å²) in [4.78, 5) is 7.57. The lowest BCUT2D eigenvalue weighted by atomic mass is 9.96. The van der Waals surface area contributed by atoms with E-state index in [0.717, 1.165) is 57.4 Å². The molecular weight excluding hydrogens is 527 g/mol. The number of aliphatic imine (C=N–C) groups is 1. The third kappa shape index (κ3) is 8.00. The van der Waals surface area contributed by atoms with Crippen LogP contribution in [0.3, 0.4) is 0 Å². The SMILES string of the molecule is CCOCCCN=C(NCCc1ccco1)NC1CC2CCC(C1)N2Cc1ccccc1.I. The van der Waals surface area contributed by atoms with E-state index in [4.69, 9.17) is 14.1 Å². The van der Waals surface area contributed by atoms with Crippen molar-refractivity contribution in [3.63, 3.8) is 0 Å². The molecule has 1 aromatic heterocycles. The summed E-state index contributed by atoms with van der Waals surface area (Å²) < 4.78 is 10.9. The molecule has 2 aliphatic heterocycles. The van der Waals surface area contributed by atoms with Gasteiger partial charge in [-0.15, -0.1) is 24.0 Å². The number of rotatable bonds is 11. The Labute approximate surface area is 215 Å². The standard InChI is InChI=1S/C26H38N4O2.HI/c1-2-31-16-7-14-27-26(28-15-13-25-10-6-17-32-25)29-22-18-23-11-12-24(19-22)30(23)20-21-8-4-3-5-9-21;/h3-6,8-10,17,22-24H,2,7,11-16,18-20H2,1H3,(H2,27,28,29);1H. The lowest BCUT2D eigenvalue weighted by molar-refractivity contribution is 0.114. The highest BCUT2D eigenvalue weighted by atomic mass is 127. The van der Waals surface area contributed by atoms with Crippen LogP contribution in [-0.4, -0.2) is 55.3 Å². The zero-order valence-electron chi connectivity index (χ0n) is 19.7. The molecule has 3 heterocycles. The highest BCUT2D eigenvalue weighted by Crippen LogP contribution is 2.36. The Morgan fingerprint density at radius 1 is 1.12 bits per heavy atom. The third-order valence-corrected chi connectivity index (χ3v) is 6.60. The number of nitrogens with one attached hydrogen (secondary N) is 2. The molecule has 2 aliphatic rings. The lowest BCUT2D eigenvalue weighted by Gasteiger charge is -2.39. The van der Waals surface area contributed by atoms with E-state index in [1.807, 2.05) is 19.1 Å². The summed E-state index contributed by atoms with van der Waals surface area (Å²) in [6.45, 7) is 6.22. The van der Waals surface area contributed by atoms with Gasteiger partial charge in [0.1, 0.15) is 5.76 Å². The van der Waals surface area contributed by atoms with Crippen molar-refractivity contribution in [2.24, 2.45) is 4.99 Å². The van der Waals surface area contributed by atoms with Crippen LogP contribution in [0.2, 0.25) is 0 Å². The van der Waals surface area contributed by atoms with Gasteiger partial charge in [0, 0.05) is 57.4 Å². The summed E-state index contributed by atoms with van der Waals surface area (Å²) in [6.07, 6.45) is 8.51. The van der Waals surface area contributed by atoms with Crippen LogP contribution in [0.15, 0.2) is 58.1 Å². The molecule has 1 aromatic carbocycles. The predicted molar refractivity (Wildman–Crippen MR) is 144 cm³/mol. The molecule has 0 amide bonds. The molecule has 2 atom stereocenters. The number of nitrogens with zero attached hydrogens (tertiary/aromatic N) is 2. The predicted octanol–water partition coefficient (Wildman–Crippen LogP) is 4.60. The molecule has 0 saturated carbocycles. The fraction of sp³-hybridized carbons (Fsp3) is 0.577. The van der Waals surface area contributed by atoms with Crippen LogP contribution in [0.5, 0.6) is 0 Å². The van der Waals surface area contributed by atoms with E-state index in [0.29, 0.717) is 18.1 Å². The zero-order chi connectivity index (χ0) is 22.0. The van der Waals surface area contributed by atoms with Crippen molar-refractivity contribution < 1.29 is 9.15 Å². The summed E-state index contributed by atoms with van der Waals surface area (Å²) in [5, 5.41) is 7.27. The number of halogens is 1. The summed E-state index contributed by atoms with van der Waals surface area (Å²) >= 11 is 0. The number of hydrogen-bond acceptors (Lipinski definition) is 4. The highest BCUT2D eigenvalue weighted by molar-refractivity contribution is 14.0. The minimum Gasteiger partial charge on any atom is -0.469 e. The van der Waals surface area contributed by atoms with Gasteiger partial charge in [-0.2, -0.15) is 0 Å². The molecule has 0 radical (unpaired) electrons. The maximum atomic E-state index is 5.47. The molecule has 4 rings (SSSR count). The van der Waals surface area contributed by atoms with E-state index in [1.54, 1.807) is 6.26 Å². The molecule has 2 unspecified atom stereocenters. The van der Waals surface area contributed by atoms with Gasteiger partial charge >= 0.3 is 0 Å². The number of benzene rings is 1. The Morgan fingerprint density at radius 3 is 2.61 bits per heavy atom. The van der Waals surface area contributed by atoms with Crippen LogP contribution in [0.1, 0.15) is 50.4 Å². The minimum absolute atomic E-state index is 0. The van der Waals surface area contributed by atoms with Gasteiger partial charge in [0.05, 0.1) is 6.26 Å². The van der Waals surface area contributed by atoms with Crippen molar-refractivity contribution >= 4 is 29.9 Å². The monoisotopic (exact) mass is 566 g/mol. The van der Waals surface area contributed by atoms with Crippen molar-refractivity contribution in [1.29, 1.82) is 0 Å². The van der Waals surface area contributed by atoms with Gasteiger partial charge in [-0.3, -0.25) is 9.89 Å². The molecular formula is C26H39IN4O2.